The minimum Gasteiger partial charge on any atom is -0.334 e. The van der Waals surface area contributed by atoms with Gasteiger partial charge in [0.25, 0.3) is 5.91 Å². The van der Waals surface area contributed by atoms with E-state index in [0.29, 0.717) is 11.6 Å². The largest absolute Gasteiger partial charge is 0.334 e. The van der Waals surface area contributed by atoms with E-state index in [4.69, 9.17) is 0 Å². The molecule has 1 N–H and O–H groups in total. The third-order valence-electron chi connectivity index (χ3n) is 4.39. The Morgan fingerprint density at radius 3 is 2.76 bits per heavy atom. The summed E-state index contributed by atoms with van der Waals surface area (Å²) in [6, 6.07) is 10.5. The van der Waals surface area contributed by atoms with Gasteiger partial charge in [-0.3, -0.25) is 9.89 Å². The molecule has 1 amide bonds. The van der Waals surface area contributed by atoms with E-state index in [0.717, 1.165) is 18.7 Å². The standard InChI is InChI=1S/C17H21N3O/c1-11-6-4-5-7-15(11)14-9-13(3)20(10-14)17(21)16-8-12(2)18-19-16/h4-8,13-14H,9-10H2,1-3H3,(H,18,19)/t13-,14+/m0/s1. The summed E-state index contributed by atoms with van der Waals surface area (Å²) < 4.78 is 0. The Hall–Kier alpha value is -2.10. The molecule has 0 radical (unpaired) electrons. The van der Waals surface area contributed by atoms with E-state index >= 15 is 0 Å². The maximum Gasteiger partial charge on any atom is 0.274 e. The van der Waals surface area contributed by atoms with Crippen LogP contribution in [0.5, 0.6) is 0 Å². The van der Waals surface area contributed by atoms with Crippen LogP contribution in [0.4, 0.5) is 0 Å². The number of amides is 1. The molecule has 1 aromatic carbocycles. The van der Waals surface area contributed by atoms with Crippen LogP contribution >= 0.6 is 0 Å². The number of aromatic amines is 1. The van der Waals surface area contributed by atoms with Gasteiger partial charge in [0.2, 0.25) is 0 Å². The average Bonchev–Trinajstić information content (AvgIpc) is 3.05. The molecular weight excluding hydrogens is 262 g/mol. The third kappa shape index (κ3) is 2.58. The topological polar surface area (TPSA) is 49.0 Å². The lowest BCUT2D eigenvalue weighted by Crippen LogP contribution is -2.34. The monoisotopic (exact) mass is 283 g/mol. The zero-order valence-electron chi connectivity index (χ0n) is 12.8. The first-order valence-corrected chi connectivity index (χ1v) is 7.44. The van der Waals surface area contributed by atoms with Crippen LogP contribution in [0.2, 0.25) is 0 Å². The summed E-state index contributed by atoms with van der Waals surface area (Å²) in [5.41, 5.74) is 4.10. The van der Waals surface area contributed by atoms with Crippen molar-refractivity contribution in [2.75, 3.05) is 6.54 Å². The van der Waals surface area contributed by atoms with Crippen LogP contribution in [0.1, 0.15) is 46.6 Å². The number of carbonyl (C=O) groups excluding carboxylic acids is 1. The minimum atomic E-state index is 0.0305. The van der Waals surface area contributed by atoms with E-state index in [9.17, 15) is 4.79 Å². The van der Waals surface area contributed by atoms with E-state index in [-0.39, 0.29) is 11.9 Å². The van der Waals surface area contributed by atoms with E-state index in [1.54, 1.807) is 0 Å². The van der Waals surface area contributed by atoms with Crippen molar-refractivity contribution in [3.05, 3.63) is 52.8 Å². The molecule has 1 saturated heterocycles. The van der Waals surface area contributed by atoms with E-state index in [1.165, 1.54) is 11.1 Å². The van der Waals surface area contributed by atoms with E-state index < -0.39 is 0 Å². The lowest BCUT2D eigenvalue weighted by Gasteiger charge is -2.20. The minimum absolute atomic E-state index is 0.0305. The molecule has 4 nitrogen and oxygen atoms in total. The molecule has 1 aliphatic heterocycles. The van der Waals surface area contributed by atoms with Crippen LogP contribution in [0.25, 0.3) is 0 Å². The van der Waals surface area contributed by atoms with Gasteiger partial charge in [-0.15, -0.1) is 0 Å². The van der Waals surface area contributed by atoms with Gasteiger partial charge in [0.05, 0.1) is 0 Å². The molecule has 0 bridgehead atoms. The molecule has 21 heavy (non-hydrogen) atoms. The third-order valence-corrected chi connectivity index (χ3v) is 4.39. The number of aryl methyl sites for hydroxylation is 2. The highest BCUT2D eigenvalue weighted by Gasteiger charge is 2.34. The summed E-state index contributed by atoms with van der Waals surface area (Å²) in [5.74, 6) is 0.452. The van der Waals surface area contributed by atoms with Crippen LogP contribution in [0.15, 0.2) is 30.3 Å². The number of carbonyl (C=O) groups is 1. The Kier molecular flexibility index (Phi) is 3.53. The molecule has 3 rings (SSSR count). The predicted octanol–water partition coefficient (Wildman–Crippen LogP) is 3.04. The van der Waals surface area contributed by atoms with Gasteiger partial charge in [0, 0.05) is 24.2 Å². The first kappa shape index (κ1) is 13.9. The predicted molar refractivity (Wildman–Crippen MR) is 82.4 cm³/mol. The fourth-order valence-corrected chi connectivity index (χ4v) is 3.26. The Morgan fingerprint density at radius 1 is 1.33 bits per heavy atom. The number of benzene rings is 1. The number of nitrogens with zero attached hydrogens (tertiary/aromatic N) is 2. The van der Waals surface area contributed by atoms with Crippen LogP contribution < -0.4 is 0 Å². The Balaban J connectivity index is 1.80. The average molecular weight is 283 g/mol. The first-order valence-electron chi connectivity index (χ1n) is 7.44. The summed E-state index contributed by atoms with van der Waals surface area (Å²) in [5, 5.41) is 6.94. The molecule has 2 heterocycles. The number of rotatable bonds is 2. The van der Waals surface area contributed by atoms with Crippen LogP contribution in [-0.2, 0) is 0 Å². The smallest absolute Gasteiger partial charge is 0.274 e. The molecule has 1 aromatic heterocycles. The number of H-pyrrole nitrogens is 1. The van der Waals surface area contributed by atoms with E-state index in [2.05, 4.69) is 48.3 Å². The van der Waals surface area contributed by atoms with Crippen LogP contribution in [0, 0.1) is 13.8 Å². The summed E-state index contributed by atoms with van der Waals surface area (Å²) in [6.07, 6.45) is 1.01. The van der Waals surface area contributed by atoms with Crippen molar-refractivity contribution < 1.29 is 4.79 Å². The number of likely N-dealkylation sites (tertiary alicyclic amines) is 1. The van der Waals surface area contributed by atoms with Gasteiger partial charge in [-0.2, -0.15) is 5.10 Å². The van der Waals surface area contributed by atoms with Crippen molar-refractivity contribution in [1.82, 2.24) is 15.1 Å². The van der Waals surface area contributed by atoms with Gasteiger partial charge in [-0.05, 0) is 44.4 Å². The molecule has 1 aliphatic rings. The highest BCUT2D eigenvalue weighted by molar-refractivity contribution is 5.92. The van der Waals surface area contributed by atoms with Crippen molar-refractivity contribution in [3.8, 4) is 0 Å². The van der Waals surface area contributed by atoms with Crippen LogP contribution in [-0.4, -0.2) is 33.6 Å². The maximum absolute atomic E-state index is 12.6. The fraction of sp³-hybridized carbons (Fsp3) is 0.412. The Bertz CT molecular complexity index is 662. The maximum atomic E-state index is 12.6. The lowest BCUT2D eigenvalue weighted by molar-refractivity contribution is 0.0740. The van der Waals surface area contributed by atoms with Crippen LogP contribution in [0.3, 0.4) is 0 Å². The van der Waals surface area contributed by atoms with Gasteiger partial charge in [0.1, 0.15) is 5.69 Å². The molecule has 0 aliphatic carbocycles. The molecule has 2 atom stereocenters. The first-order chi connectivity index (χ1) is 10.1. The van der Waals surface area contributed by atoms with Gasteiger partial charge in [-0.25, -0.2) is 0 Å². The van der Waals surface area contributed by atoms with Crippen molar-refractivity contribution in [1.29, 1.82) is 0 Å². The normalized spacial score (nSPS) is 21.8. The highest BCUT2D eigenvalue weighted by atomic mass is 16.2. The second-order valence-electron chi connectivity index (χ2n) is 6.03. The number of aromatic nitrogens is 2. The molecule has 2 aromatic rings. The van der Waals surface area contributed by atoms with Gasteiger partial charge >= 0.3 is 0 Å². The second kappa shape index (κ2) is 5.35. The second-order valence-corrected chi connectivity index (χ2v) is 6.03. The van der Waals surface area contributed by atoms with Crippen molar-refractivity contribution >= 4 is 5.91 Å². The Morgan fingerprint density at radius 2 is 2.10 bits per heavy atom. The molecule has 0 spiro atoms. The fourth-order valence-electron chi connectivity index (χ4n) is 3.26. The Labute approximate surface area is 125 Å². The van der Waals surface area contributed by atoms with Crippen molar-refractivity contribution in [2.24, 2.45) is 0 Å². The quantitative estimate of drug-likeness (QED) is 0.921. The molecule has 0 saturated carbocycles. The molecule has 0 unspecified atom stereocenters. The van der Waals surface area contributed by atoms with E-state index in [1.807, 2.05) is 17.9 Å². The molecule has 110 valence electrons. The van der Waals surface area contributed by atoms with Crippen molar-refractivity contribution in [3.63, 3.8) is 0 Å². The highest BCUT2D eigenvalue weighted by Crippen LogP contribution is 2.33. The van der Waals surface area contributed by atoms with Gasteiger partial charge in [-0.1, -0.05) is 24.3 Å². The molecular formula is C17H21N3O. The molecule has 1 fully saturated rings. The SMILES string of the molecule is Cc1cc(C(=O)N2C[C@H](c3ccccc3C)C[C@@H]2C)n[nH]1. The number of nitrogens with one attached hydrogen (secondary N) is 1. The zero-order valence-corrected chi connectivity index (χ0v) is 12.8. The van der Waals surface area contributed by atoms with Crippen molar-refractivity contribution in [2.45, 2.75) is 39.2 Å². The lowest BCUT2D eigenvalue weighted by atomic mass is 9.93. The molecule has 4 heteroatoms. The van der Waals surface area contributed by atoms with Gasteiger partial charge in [0.15, 0.2) is 0 Å². The van der Waals surface area contributed by atoms with Gasteiger partial charge < -0.3 is 4.90 Å². The zero-order chi connectivity index (χ0) is 15.0. The summed E-state index contributed by atoms with van der Waals surface area (Å²) >= 11 is 0. The summed E-state index contributed by atoms with van der Waals surface area (Å²) in [4.78, 5) is 14.5. The number of hydrogen-bond acceptors (Lipinski definition) is 2. The number of hydrogen-bond donors (Lipinski definition) is 1. The summed E-state index contributed by atoms with van der Waals surface area (Å²) in [7, 11) is 0. The summed E-state index contributed by atoms with van der Waals surface area (Å²) in [6.45, 7) is 6.95.